The monoisotopic (exact) mass is 220 g/mol. The first-order valence-corrected chi connectivity index (χ1v) is 5.60. The summed E-state index contributed by atoms with van der Waals surface area (Å²) >= 11 is 0. The molecule has 0 unspecified atom stereocenters. The van der Waals surface area contributed by atoms with Crippen molar-refractivity contribution in [2.75, 3.05) is 0 Å². The Kier molecular flexibility index (Phi) is 2.28. The fraction of sp³-hybridized carbons (Fsp3) is 0.0667. The van der Waals surface area contributed by atoms with Gasteiger partial charge in [0.1, 0.15) is 5.65 Å². The van der Waals surface area contributed by atoms with Crippen LogP contribution >= 0.6 is 0 Å². The van der Waals surface area contributed by atoms with Crippen molar-refractivity contribution in [1.29, 1.82) is 0 Å². The minimum absolute atomic E-state index is 0.954. The number of hydrogen-bond donors (Lipinski definition) is 0. The molecule has 0 aromatic carbocycles. The summed E-state index contributed by atoms with van der Waals surface area (Å²) in [6, 6.07) is 6.11. The predicted octanol–water partition coefficient (Wildman–Crippen LogP) is 3.31. The summed E-state index contributed by atoms with van der Waals surface area (Å²) in [4.78, 5) is 4.60. The van der Waals surface area contributed by atoms with Gasteiger partial charge in [-0.05, 0) is 31.2 Å². The highest BCUT2D eigenvalue weighted by molar-refractivity contribution is 5.73. The maximum absolute atomic E-state index is 4.60. The Labute approximate surface area is 99.9 Å². The molecule has 2 heterocycles. The van der Waals surface area contributed by atoms with Crippen molar-refractivity contribution in [3.8, 4) is 0 Å². The van der Waals surface area contributed by atoms with Crippen molar-refractivity contribution >= 4 is 11.2 Å². The molecule has 0 N–H and O–H groups in total. The lowest BCUT2D eigenvalue weighted by atomic mass is 10.2. The van der Waals surface area contributed by atoms with Gasteiger partial charge in [0, 0.05) is 17.5 Å². The largest absolute Gasteiger partial charge is 0.304 e. The molecule has 0 atom stereocenters. The summed E-state index contributed by atoms with van der Waals surface area (Å²) in [5, 5.41) is 0. The normalized spacial score (nSPS) is 14.1. The Hall–Kier alpha value is -2.31. The van der Waals surface area contributed by atoms with Crippen molar-refractivity contribution < 1.29 is 0 Å². The van der Waals surface area contributed by atoms with E-state index in [-0.39, 0.29) is 0 Å². The first-order valence-electron chi connectivity index (χ1n) is 5.60. The van der Waals surface area contributed by atoms with Gasteiger partial charge in [-0.1, -0.05) is 24.3 Å². The van der Waals surface area contributed by atoms with E-state index in [0.29, 0.717) is 0 Å². The third-order valence-electron chi connectivity index (χ3n) is 2.79. The third-order valence-corrected chi connectivity index (χ3v) is 2.79. The lowest BCUT2D eigenvalue weighted by molar-refractivity contribution is 1.09. The molecular formula is C15H12N2. The Morgan fingerprint density at radius 1 is 1.18 bits per heavy atom. The molecule has 0 fully saturated rings. The molecule has 0 bridgehead atoms. The number of nitrogens with zero attached hydrogens (tertiary/aromatic N) is 2. The van der Waals surface area contributed by atoms with Crippen LogP contribution < -0.4 is 0 Å². The zero-order valence-corrected chi connectivity index (χ0v) is 9.59. The van der Waals surface area contributed by atoms with Crippen molar-refractivity contribution in [1.82, 2.24) is 9.38 Å². The predicted molar refractivity (Wildman–Crippen MR) is 69.7 cm³/mol. The molecule has 1 aliphatic carbocycles. The van der Waals surface area contributed by atoms with Gasteiger partial charge in [-0.3, -0.25) is 0 Å². The van der Waals surface area contributed by atoms with Crippen LogP contribution in [0.3, 0.4) is 0 Å². The SMILES string of the molecule is Cc1cccc2nc(C3=C=CC=CC=C3)cn12. The van der Waals surface area contributed by atoms with E-state index >= 15 is 0 Å². The molecule has 82 valence electrons. The van der Waals surface area contributed by atoms with Gasteiger partial charge >= 0.3 is 0 Å². The fourth-order valence-corrected chi connectivity index (χ4v) is 1.89. The average Bonchev–Trinajstić information content (AvgIpc) is 2.59. The smallest absolute Gasteiger partial charge is 0.137 e. The van der Waals surface area contributed by atoms with E-state index in [1.54, 1.807) is 0 Å². The molecule has 0 spiro atoms. The molecule has 2 aromatic rings. The second-order valence-electron chi connectivity index (χ2n) is 3.99. The van der Waals surface area contributed by atoms with Crippen LogP contribution in [0.25, 0.3) is 11.2 Å². The summed E-state index contributed by atoms with van der Waals surface area (Å²) in [6.07, 6.45) is 11.9. The van der Waals surface area contributed by atoms with E-state index in [0.717, 1.165) is 16.9 Å². The highest BCUT2D eigenvalue weighted by atomic mass is 15.0. The summed E-state index contributed by atoms with van der Waals surface area (Å²) in [6.45, 7) is 2.08. The molecule has 2 aromatic heterocycles. The molecule has 17 heavy (non-hydrogen) atoms. The maximum atomic E-state index is 4.60. The van der Waals surface area contributed by atoms with E-state index in [1.165, 1.54) is 5.69 Å². The van der Waals surface area contributed by atoms with Gasteiger partial charge < -0.3 is 4.40 Å². The standard InChI is InChI=1S/C15H12N2/c1-12-7-6-10-15-16-14(11-17(12)15)13-8-4-2-3-5-9-13/h2-8,10-11H,1H3. The van der Waals surface area contributed by atoms with Crippen LogP contribution in [-0.2, 0) is 0 Å². The van der Waals surface area contributed by atoms with Crippen molar-refractivity contribution in [2.45, 2.75) is 6.92 Å². The average molecular weight is 220 g/mol. The van der Waals surface area contributed by atoms with Crippen molar-refractivity contribution in [3.63, 3.8) is 0 Å². The molecule has 1 aliphatic rings. The van der Waals surface area contributed by atoms with Gasteiger partial charge in [0.05, 0.1) is 5.69 Å². The number of aromatic nitrogens is 2. The molecule has 0 saturated carbocycles. The van der Waals surface area contributed by atoms with Gasteiger partial charge in [0.25, 0.3) is 0 Å². The molecule has 0 amide bonds. The Bertz CT molecular complexity index is 693. The Balaban J connectivity index is 2.19. The lowest BCUT2D eigenvalue weighted by Gasteiger charge is -1.95. The fourth-order valence-electron chi connectivity index (χ4n) is 1.89. The second-order valence-corrected chi connectivity index (χ2v) is 3.99. The number of allylic oxidation sites excluding steroid dienone is 5. The zero-order valence-electron chi connectivity index (χ0n) is 9.59. The van der Waals surface area contributed by atoms with E-state index in [1.807, 2.05) is 42.5 Å². The minimum Gasteiger partial charge on any atom is -0.304 e. The summed E-state index contributed by atoms with van der Waals surface area (Å²) < 4.78 is 2.09. The number of fused-ring (bicyclic) bond motifs is 1. The molecule has 3 rings (SSSR count). The van der Waals surface area contributed by atoms with Crippen LogP contribution in [0, 0.1) is 6.92 Å². The summed E-state index contributed by atoms with van der Waals surface area (Å²) in [7, 11) is 0. The van der Waals surface area contributed by atoms with Crippen molar-refractivity contribution in [3.05, 3.63) is 71.9 Å². The van der Waals surface area contributed by atoms with E-state index in [9.17, 15) is 0 Å². The van der Waals surface area contributed by atoms with Gasteiger partial charge in [-0.25, -0.2) is 4.98 Å². The second kappa shape index (κ2) is 3.93. The maximum Gasteiger partial charge on any atom is 0.137 e. The van der Waals surface area contributed by atoms with Crippen LogP contribution in [0.4, 0.5) is 0 Å². The van der Waals surface area contributed by atoms with Crippen LogP contribution in [-0.4, -0.2) is 9.38 Å². The summed E-state index contributed by atoms with van der Waals surface area (Å²) in [5.41, 5.74) is 7.34. The number of hydrogen-bond acceptors (Lipinski definition) is 1. The van der Waals surface area contributed by atoms with Gasteiger partial charge in [0.2, 0.25) is 0 Å². The minimum atomic E-state index is 0.954. The van der Waals surface area contributed by atoms with Crippen LogP contribution in [0.1, 0.15) is 11.4 Å². The van der Waals surface area contributed by atoms with Crippen LogP contribution in [0.5, 0.6) is 0 Å². The van der Waals surface area contributed by atoms with E-state index in [2.05, 4.69) is 34.3 Å². The highest BCUT2D eigenvalue weighted by Crippen LogP contribution is 2.17. The molecule has 2 heteroatoms. The zero-order chi connectivity index (χ0) is 11.7. The summed E-state index contributed by atoms with van der Waals surface area (Å²) in [5.74, 6) is 0. The Morgan fingerprint density at radius 3 is 3.00 bits per heavy atom. The molecule has 0 radical (unpaired) electrons. The molecule has 0 saturated heterocycles. The topological polar surface area (TPSA) is 17.3 Å². The first-order chi connectivity index (χ1) is 8.34. The van der Waals surface area contributed by atoms with E-state index < -0.39 is 0 Å². The number of imidazole rings is 1. The highest BCUT2D eigenvalue weighted by Gasteiger charge is 2.05. The quantitative estimate of drug-likeness (QED) is 0.674. The number of rotatable bonds is 1. The van der Waals surface area contributed by atoms with Crippen LogP contribution in [0.15, 0.2) is 60.5 Å². The third kappa shape index (κ3) is 1.75. The first kappa shape index (κ1) is 9.88. The number of aryl methyl sites for hydroxylation is 1. The lowest BCUT2D eigenvalue weighted by Crippen LogP contribution is -1.86. The van der Waals surface area contributed by atoms with Gasteiger partial charge in [0.15, 0.2) is 0 Å². The van der Waals surface area contributed by atoms with Gasteiger partial charge in [-0.15, -0.1) is 5.73 Å². The van der Waals surface area contributed by atoms with Crippen molar-refractivity contribution in [2.24, 2.45) is 0 Å². The number of pyridine rings is 1. The molecular weight excluding hydrogens is 208 g/mol. The van der Waals surface area contributed by atoms with Crippen LogP contribution in [0.2, 0.25) is 0 Å². The molecule has 0 aliphatic heterocycles. The van der Waals surface area contributed by atoms with E-state index in [4.69, 9.17) is 0 Å². The molecule has 2 nitrogen and oxygen atoms in total. The Morgan fingerprint density at radius 2 is 2.12 bits per heavy atom. The van der Waals surface area contributed by atoms with Gasteiger partial charge in [-0.2, -0.15) is 0 Å².